The van der Waals surface area contributed by atoms with Crippen molar-refractivity contribution in [3.05, 3.63) is 47.0 Å². The van der Waals surface area contributed by atoms with Gasteiger partial charge in [-0.3, -0.25) is 9.59 Å². The Labute approximate surface area is 137 Å². The maximum Gasteiger partial charge on any atom is 0.216 e. The van der Waals surface area contributed by atoms with Crippen LogP contribution in [-0.2, 0) is 11.2 Å². The van der Waals surface area contributed by atoms with Crippen molar-refractivity contribution in [2.75, 3.05) is 6.54 Å². The number of carbonyl (C=O) groups excluding carboxylic acids is 2. The molecule has 0 saturated carbocycles. The molecule has 0 saturated heterocycles. The van der Waals surface area contributed by atoms with E-state index in [1.807, 2.05) is 0 Å². The quantitative estimate of drug-likeness (QED) is 0.416. The Morgan fingerprint density at radius 1 is 0.917 bits per heavy atom. The van der Waals surface area contributed by atoms with Gasteiger partial charge in [0.25, 0.3) is 0 Å². The molecule has 5 N–H and O–H groups in total. The highest BCUT2D eigenvalue weighted by molar-refractivity contribution is 6.10. The summed E-state index contributed by atoms with van der Waals surface area (Å²) in [5.41, 5.74) is 0.661. The molecule has 0 heterocycles. The minimum atomic E-state index is -0.501. The van der Waals surface area contributed by atoms with Crippen LogP contribution in [0.3, 0.4) is 0 Å². The number of aromatic hydroxyl groups is 4. The Bertz CT molecular complexity index is 800. The average molecular weight is 331 g/mol. The number of hydrogen-bond donors (Lipinski definition) is 5. The van der Waals surface area contributed by atoms with Crippen LogP contribution in [-0.4, -0.2) is 38.7 Å². The summed E-state index contributed by atoms with van der Waals surface area (Å²) in [5, 5.41) is 40.8. The molecule has 0 spiro atoms. The molecule has 0 bridgehead atoms. The minimum absolute atomic E-state index is 0.108. The standard InChI is InChI=1S/C17H17NO6/c1-9(19)18-5-4-10-6-15(22)16(23)8-12(10)17(24)11-2-3-13(20)14(21)7-11/h2-3,6-8,20-23H,4-5H2,1H3,(H,18,19). The molecule has 0 aliphatic heterocycles. The van der Waals surface area contributed by atoms with Crippen LogP contribution in [0.2, 0.25) is 0 Å². The van der Waals surface area contributed by atoms with Gasteiger partial charge in [-0.05, 0) is 42.3 Å². The van der Waals surface area contributed by atoms with E-state index in [0.29, 0.717) is 5.56 Å². The van der Waals surface area contributed by atoms with Gasteiger partial charge in [0.15, 0.2) is 28.8 Å². The van der Waals surface area contributed by atoms with Crippen molar-refractivity contribution < 1.29 is 30.0 Å². The smallest absolute Gasteiger partial charge is 0.216 e. The molecule has 7 nitrogen and oxygen atoms in total. The summed E-state index contributed by atoms with van der Waals surface area (Å²) >= 11 is 0. The van der Waals surface area contributed by atoms with Gasteiger partial charge in [0.1, 0.15) is 0 Å². The lowest BCUT2D eigenvalue weighted by molar-refractivity contribution is -0.118. The molecule has 0 radical (unpaired) electrons. The molecule has 0 fully saturated rings. The van der Waals surface area contributed by atoms with Gasteiger partial charge in [-0.25, -0.2) is 0 Å². The fourth-order valence-electron chi connectivity index (χ4n) is 2.23. The second-order valence-electron chi connectivity index (χ2n) is 5.26. The van der Waals surface area contributed by atoms with E-state index >= 15 is 0 Å². The molecule has 7 heteroatoms. The van der Waals surface area contributed by atoms with E-state index < -0.39 is 17.3 Å². The van der Waals surface area contributed by atoms with Crippen LogP contribution in [0.15, 0.2) is 30.3 Å². The molecule has 2 aromatic rings. The third kappa shape index (κ3) is 3.75. The predicted molar refractivity (Wildman–Crippen MR) is 85.4 cm³/mol. The van der Waals surface area contributed by atoms with Gasteiger partial charge in [-0.15, -0.1) is 0 Å². The van der Waals surface area contributed by atoms with E-state index in [1.165, 1.54) is 25.1 Å². The number of rotatable bonds is 5. The lowest BCUT2D eigenvalue weighted by Gasteiger charge is -2.12. The van der Waals surface area contributed by atoms with Gasteiger partial charge >= 0.3 is 0 Å². The second-order valence-corrected chi connectivity index (χ2v) is 5.26. The molecule has 2 rings (SSSR count). The normalized spacial score (nSPS) is 10.4. The first-order chi connectivity index (χ1) is 11.3. The summed E-state index contributed by atoms with van der Waals surface area (Å²) in [6, 6.07) is 6.01. The van der Waals surface area contributed by atoms with Crippen LogP contribution in [0, 0.1) is 0 Å². The fourth-order valence-corrected chi connectivity index (χ4v) is 2.23. The molecule has 24 heavy (non-hydrogen) atoms. The van der Waals surface area contributed by atoms with Gasteiger partial charge in [0.05, 0.1) is 0 Å². The molecule has 0 atom stereocenters. The number of carbonyl (C=O) groups is 2. The zero-order valence-corrected chi connectivity index (χ0v) is 12.9. The van der Waals surface area contributed by atoms with E-state index in [2.05, 4.69) is 5.32 Å². The lowest BCUT2D eigenvalue weighted by atomic mass is 9.95. The summed E-state index contributed by atoms with van der Waals surface area (Å²) in [6.45, 7) is 1.61. The molecular weight excluding hydrogens is 314 g/mol. The Morgan fingerprint density at radius 2 is 1.54 bits per heavy atom. The molecular formula is C17H17NO6. The predicted octanol–water partition coefficient (Wildman–Crippen LogP) is 1.42. The van der Waals surface area contributed by atoms with Crippen molar-refractivity contribution in [3.8, 4) is 23.0 Å². The maximum absolute atomic E-state index is 12.6. The average Bonchev–Trinajstić information content (AvgIpc) is 2.52. The first kappa shape index (κ1) is 17.1. The van der Waals surface area contributed by atoms with Crippen molar-refractivity contribution in [3.63, 3.8) is 0 Å². The van der Waals surface area contributed by atoms with Gasteiger partial charge < -0.3 is 25.7 Å². The number of phenols is 4. The summed E-state index contributed by atoms with van der Waals surface area (Å²) in [4.78, 5) is 23.6. The third-order valence-electron chi connectivity index (χ3n) is 3.45. The Kier molecular flexibility index (Phi) is 4.93. The number of nitrogens with one attached hydrogen (secondary N) is 1. The highest BCUT2D eigenvalue weighted by Gasteiger charge is 2.18. The zero-order chi connectivity index (χ0) is 17.9. The van der Waals surface area contributed by atoms with Gasteiger partial charge in [0.2, 0.25) is 5.91 Å². The molecule has 0 aromatic heterocycles. The molecule has 2 aromatic carbocycles. The van der Waals surface area contributed by atoms with Crippen molar-refractivity contribution in [1.29, 1.82) is 0 Å². The van der Waals surface area contributed by atoms with Gasteiger partial charge in [-0.2, -0.15) is 0 Å². The van der Waals surface area contributed by atoms with Crippen molar-refractivity contribution in [2.24, 2.45) is 0 Å². The summed E-state index contributed by atoms with van der Waals surface area (Å²) in [7, 11) is 0. The largest absolute Gasteiger partial charge is 0.504 e. The van der Waals surface area contributed by atoms with Gasteiger partial charge in [-0.1, -0.05) is 0 Å². The first-order valence-electron chi connectivity index (χ1n) is 7.15. The summed E-state index contributed by atoms with van der Waals surface area (Å²) in [5.74, 6) is -2.36. The fraction of sp³-hybridized carbons (Fsp3) is 0.176. The molecule has 126 valence electrons. The van der Waals surface area contributed by atoms with Crippen molar-refractivity contribution in [1.82, 2.24) is 5.32 Å². The molecule has 0 aliphatic carbocycles. The number of benzene rings is 2. The Morgan fingerprint density at radius 3 is 2.17 bits per heavy atom. The number of ketones is 1. The molecule has 0 aliphatic rings. The highest BCUT2D eigenvalue weighted by atomic mass is 16.3. The number of amides is 1. The van der Waals surface area contributed by atoms with Crippen LogP contribution >= 0.6 is 0 Å². The molecule has 1 amide bonds. The third-order valence-corrected chi connectivity index (χ3v) is 3.45. The minimum Gasteiger partial charge on any atom is -0.504 e. The van der Waals surface area contributed by atoms with Crippen molar-refractivity contribution >= 4 is 11.7 Å². The van der Waals surface area contributed by atoms with Gasteiger partial charge in [0, 0.05) is 24.6 Å². The summed E-state index contributed by atoms with van der Waals surface area (Å²) < 4.78 is 0. The van der Waals surface area contributed by atoms with Crippen LogP contribution in [0.5, 0.6) is 23.0 Å². The van der Waals surface area contributed by atoms with E-state index in [1.54, 1.807) is 0 Å². The topological polar surface area (TPSA) is 127 Å². The van der Waals surface area contributed by atoms with E-state index in [-0.39, 0.29) is 41.5 Å². The van der Waals surface area contributed by atoms with Crippen LogP contribution in [0.4, 0.5) is 0 Å². The summed E-state index contributed by atoms with van der Waals surface area (Å²) in [6.07, 6.45) is 0.262. The SMILES string of the molecule is CC(=O)NCCc1cc(O)c(O)cc1C(=O)c1ccc(O)c(O)c1. The monoisotopic (exact) mass is 331 g/mol. The van der Waals surface area contributed by atoms with Crippen LogP contribution in [0.1, 0.15) is 28.4 Å². The maximum atomic E-state index is 12.6. The van der Waals surface area contributed by atoms with E-state index in [9.17, 15) is 30.0 Å². The number of phenolic OH excluding ortho intramolecular Hbond substituents is 4. The molecule has 0 unspecified atom stereocenters. The lowest BCUT2D eigenvalue weighted by Crippen LogP contribution is -2.23. The van der Waals surface area contributed by atoms with E-state index in [4.69, 9.17) is 0 Å². The van der Waals surface area contributed by atoms with Crippen LogP contribution in [0.25, 0.3) is 0 Å². The van der Waals surface area contributed by atoms with Crippen LogP contribution < -0.4 is 5.32 Å². The van der Waals surface area contributed by atoms with E-state index in [0.717, 1.165) is 12.1 Å². The highest BCUT2D eigenvalue weighted by Crippen LogP contribution is 2.31. The Hall–Kier alpha value is -3.22. The van der Waals surface area contributed by atoms with Crippen molar-refractivity contribution in [2.45, 2.75) is 13.3 Å². The second kappa shape index (κ2) is 6.91. The first-order valence-corrected chi connectivity index (χ1v) is 7.15. The number of hydrogen-bond acceptors (Lipinski definition) is 6. The Balaban J connectivity index is 2.39. The zero-order valence-electron chi connectivity index (χ0n) is 12.9.